The van der Waals surface area contributed by atoms with Crippen LogP contribution in [0, 0.1) is 5.82 Å². The van der Waals surface area contributed by atoms with Gasteiger partial charge < -0.3 is 14.2 Å². The zero-order valence-corrected chi connectivity index (χ0v) is 18.7. The van der Waals surface area contributed by atoms with Crippen LogP contribution in [-0.4, -0.2) is 68.2 Å². The van der Waals surface area contributed by atoms with Gasteiger partial charge in [-0.15, -0.1) is 13.2 Å². The minimum Gasteiger partial charge on any atom is -0.481 e. The number of hydrogen-bond donors (Lipinski definition) is 0. The summed E-state index contributed by atoms with van der Waals surface area (Å²) in [5.41, 5.74) is 0.425. The van der Waals surface area contributed by atoms with Crippen molar-refractivity contribution in [2.24, 2.45) is 0 Å². The molecule has 3 aromatic rings. The summed E-state index contributed by atoms with van der Waals surface area (Å²) in [6.07, 6.45) is -4.81. The lowest BCUT2D eigenvalue weighted by Crippen LogP contribution is -2.44. The minimum absolute atomic E-state index is 0.0535. The Morgan fingerprint density at radius 2 is 1.94 bits per heavy atom. The van der Waals surface area contributed by atoms with E-state index >= 15 is 0 Å². The number of fused-ring (bicyclic) bond motifs is 1. The largest absolute Gasteiger partial charge is 0.573 e. The lowest BCUT2D eigenvalue weighted by Gasteiger charge is -2.29. The number of ether oxygens (including phenoxy) is 3. The third-order valence-electron chi connectivity index (χ3n) is 5.05. The van der Waals surface area contributed by atoms with Crippen molar-refractivity contribution in [2.75, 3.05) is 50.9 Å². The zero-order valence-electron chi connectivity index (χ0n) is 17.9. The lowest BCUT2D eigenvalue weighted by atomic mass is 10.3. The Kier molecular flexibility index (Phi) is 7.49. The van der Waals surface area contributed by atoms with E-state index in [1.54, 1.807) is 6.07 Å². The average molecular weight is 499 g/mol. The predicted octanol–water partition coefficient (Wildman–Crippen LogP) is 4.08. The van der Waals surface area contributed by atoms with Gasteiger partial charge in [0.15, 0.2) is 23.3 Å². The van der Waals surface area contributed by atoms with Crippen LogP contribution in [0.5, 0.6) is 11.5 Å². The van der Waals surface area contributed by atoms with Gasteiger partial charge in [-0.1, -0.05) is 23.5 Å². The molecular weight excluding hydrogens is 478 g/mol. The maximum absolute atomic E-state index is 13.9. The summed E-state index contributed by atoms with van der Waals surface area (Å²) in [4.78, 5) is 21.0. The number of para-hydroxylation sites is 1. The molecule has 0 aliphatic carbocycles. The van der Waals surface area contributed by atoms with Gasteiger partial charge in [-0.05, 0) is 24.3 Å². The van der Waals surface area contributed by atoms with Crippen molar-refractivity contribution in [3.63, 3.8) is 0 Å². The fourth-order valence-electron chi connectivity index (χ4n) is 3.38. The van der Waals surface area contributed by atoms with Gasteiger partial charge in [0, 0.05) is 32.2 Å². The van der Waals surface area contributed by atoms with Crippen molar-refractivity contribution in [2.45, 2.75) is 6.36 Å². The molecule has 12 heteroatoms. The fraction of sp³-hybridized carbons (Fsp3) is 0.364. The number of amides is 1. The van der Waals surface area contributed by atoms with E-state index in [2.05, 4.69) is 14.6 Å². The van der Waals surface area contributed by atoms with Crippen LogP contribution < -0.4 is 14.4 Å². The van der Waals surface area contributed by atoms with Crippen LogP contribution in [0.15, 0.2) is 42.5 Å². The Labute approximate surface area is 196 Å². The Morgan fingerprint density at radius 1 is 1.18 bits per heavy atom. The number of rotatable bonds is 8. The summed E-state index contributed by atoms with van der Waals surface area (Å²) in [5.74, 6) is -1.47. The maximum Gasteiger partial charge on any atom is 0.573 e. The molecule has 7 nitrogen and oxygen atoms in total. The second-order valence-corrected chi connectivity index (χ2v) is 8.40. The van der Waals surface area contributed by atoms with Gasteiger partial charge in [0.05, 0.1) is 23.4 Å². The van der Waals surface area contributed by atoms with Gasteiger partial charge >= 0.3 is 6.36 Å². The molecule has 2 aromatic carbocycles. The van der Waals surface area contributed by atoms with E-state index in [0.29, 0.717) is 48.2 Å². The molecule has 1 amide bonds. The molecular formula is C22H21F4N3O4S. The molecule has 2 heterocycles. The topological polar surface area (TPSA) is 64.1 Å². The number of nitrogens with zero attached hydrogens (tertiary/aromatic N) is 3. The number of alkyl halides is 3. The molecule has 0 unspecified atom stereocenters. The monoisotopic (exact) mass is 499 g/mol. The standard InChI is InChI=1S/C22H21F4N3O4S/c23-16-3-1-2-4-18(16)32-14-20(30)29(8-7-28-9-11-31-12-10-28)21-27-17-6-5-15(13-19(17)34-21)33-22(24,25)26/h1-6,13H,7-12,14H2. The lowest BCUT2D eigenvalue weighted by molar-refractivity contribution is -0.274. The van der Waals surface area contributed by atoms with Crippen molar-refractivity contribution in [3.8, 4) is 11.5 Å². The van der Waals surface area contributed by atoms with Crippen LogP contribution >= 0.6 is 11.3 Å². The Bertz CT molecular complexity index is 1130. The molecule has 0 atom stereocenters. The summed E-state index contributed by atoms with van der Waals surface area (Å²) < 4.78 is 66.7. The minimum atomic E-state index is -4.81. The van der Waals surface area contributed by atoms with Gasteiger partial charge in [-0.2, -0.15) is 0 Å². The van der Waals surface area contributed by atoms with Gasteiger partial charge in [-0.25, -0.2) is 9.37 Å². The van der Waals surface area contributed by atoms with Crippen molar-refractivity contribution < 1.29 is 36.6 Å². The Morgan fingerprint density at radius 3 is 2.68 bits per heavy atom. The first kappa shape index (κ1) is 24.2. The third kappa shape index (κ3) is 6.33. The number of anilines is 1. The number of carbonyl (C=O) groups excluding carboxylic acids is 1. The highest BCUT2D eigenvalue weighted by atomic mass is 32.1. The number of morpholine rings is 1. The van der Waals surface area contributed by atoms with Gasteiger partial charge in [0.25, 0.3) is 5.91 Å². The SMILES string of the molecule is O=C(COc1ccccc1F)N(CCN1CCOCC1)c1nc2ccc(OC(F)(F)F)cc2s1. The van der Waals surface area contributed by atoms with Gasteiger partial charge in [-0.3, -0.25) is 14.6 Å². The first-order valence-corrected chi connectivity index (χ1v) is 11.2. The second kappa shape index (κ2) is 10.5. The van der Waals surface area contributed by atoms with E-state index in [-0.39, 0.29) is 18.0 Å². The molecule has 0 saturated carbocycles. The van der Waals surface area contributed by atoms with E-state index < -0.39 is 24.7 Å². The van der Waals surface area contributed by atoms with Crippen molar-refractivity contribution in [1.29, 1.82) is 0 Å². The van der Waals surface area contributed by atoms with Crippen LogP contribution in [0.2, 0.25) is 0 Å². The molecule has 0 spiro atoms. The van der Waals surface area contributed by atoms with Crippen molar-refractivity contribution in [3.05, 3.63) is 48.3 Å². The van der Waals surface area contributed by atoms with Crippen LogP contribution in [-0.2, 0) is 9.53 Å². The molecule has 1 aliphatic rings. The van der Waals surface area contributed by atoms with Crippen LogP contribution in [0.4, 0.5) is 22.7 Å². The summed E-state index contributed by atoms with van der Waals surface area (Å²) in [5, 5.41) is 0.301. The molecule has 1 fully saturated rings. The van der Waals surface area contributed by atoms with Crippen molar-refractivity contribution in [1.82, 2.24) is 9.88 Å². The molecule has 34 heavy (non-hydrogen) atoms. The highest BCUT2D eigenvalue weighted by Gasteiger charge is 2.31. The van der Waals surface area contributed by atoms with E-state index in [4.69, 9.17) is 9.47 Å². The number of halogens is 4. The number of thiazole rings is 1. The van der Waals surface area contributed by atoms with Crippen LogP contribution in [0.25, 0.3) is 10.2 Å². The highest BCUT2D eigenvalue weighted by Crippen LogP contribution is 2.33. The van der Waals surface area contributed by atoms with Crippen LogP contribution in [0.3, 0.4) is 0 Å². The molecule has 1 aromatic heterocycles. The quantitative estimate of drug-likeness (QED) is 0.436. The Balaban J connectivity index is 1.54. The molecule has 0 bridgehead atoms. The zero-order chi connectivity index (χ0) is 24.1. The molecule has 1 aliphatic heterocycles. The van der Waals surface area contributed by atoms with Gasteiger partial charge in [0.2, 0.25) is 0 Å². The first-order chi connectivity index (χ1) is 16.3. The molecule has 4 rings (SSSR count). The summed E-state index contributed by atoms with van der Waals surface area (Å²) in [7, 11) is 0. The van der Waals surface area contributed by atoms with Gasteiger partial charge in [0.1, 0.15) is 5.75 Å². The first-order valence-electron chi connectivity index (χ1n) is 10.4. The van der Waals surface area contributed by atoms with E-state index in [1.807, 2.05) is 0 Å². The smallest absolute Gasteiger partial charge is 0.481 e. The fourth-order valence-corrected chi connectivity index (χ4v) is 4.42. The van der Waals surface area contributed by atoms with E-state index in [1.165, 1.54) is 41.3 Å². The summed E-state index contributed by atoms with van der Waals surface area (Å²) >= 11 is 1.06. The van der Waals surface area contributed by atoms with Crippen molar-refractivity contribution >= 4 is 32.6 Å². The second-order valence-electron chi connectivity index (χ2n) is 7.39. The normalized spacial score (nSPS) is 14.8. The summed E-state index contributed by atoms with van der Waals surface area (Å²) in [6, 6.07) is 9.54. The Hall–Kier alpha value is -2.96. The number of carbonyl (C=O) groups is 1. The maximum atomic E-state index is 13.9. The highest BCUT2D eigenvalue weighted by molar-refractivity contribution is 7.22. The summed E-state index contributed by atoms with van der Waals surface area (Å²) in [6.45, 7) is 2.99. The third-order valence-corrected chi connectivity index (χ3v) is 6.09. The molecule has 0 N–H and O–H groups in total. The molecule has 182 valence electrons. The number of aromatic nitrogens is 1. The van der Waals surface area contributed by atoms with E-state index in [0.717, 1.165) is 11.3 Å². The molecule has 1 saturated heterocycles. The number of benzene rings is 2. The van der Waals surface area contributed by atoms with E-state index in [9.17, 15) is 22.4 Å². The predicted molar refractivity (Wildman–Crippen MR) is 118 cm³/mol. The number of hydrogen-bond acceptors (Lipinski definition) is 7. The van der Waals surface area contributed by atoms with Crippen LogP contribution in [0.1, 0.15) is 0 Å². The average Bonchev–Trinajstić information content (AvgIpc) is 3.21. The molecule has 0 radical (unpaired) electrons.